The van der Waals surface area contributed by atoms with Crippen LogP contribution in [0.3, 0.4) is 0 Å². The van der Waals surface area contributed by atoms with Gasteiger partial charge in [-0.05, 0) is 0 Å². The van der Waals surface area contributed by atoms with Gasteiger partial charge in [-0.1, -0.05) is 0 Å². The zero-order valence-corrected chi connectivity index (χ0v) is 19.2. The molecule has 2 aromatic carbocycles. The maximum atomic E-state index is 12.8. The molecule has 2 aromatic heterocycles. The second kappa shape index (κ2) is 9.23. The molecule has 1 amide bonds. The van der Waals surface area contributed by atoms with Crippen LogP contribution in [0.5, 0.6) is 0 Å². The van der Waals surface area contributed by atoms with E-state index in [1.807, 2.05) is 0 Å². The first kappa shape index (κ1) is 23.4. The Kier molecular flexibility index (Phi) is 6.35. The van der Waals surface area contributed by atoms with Crippen LogP contribution in [0.1, 0.15) is 0 Å². The number of nitro groups is 1. The van der Waals surface area contributed by atoms with Crippen molar-refractivity contribution >= 4 is 64.5 Å². The van der Waals surface area contributed by atoms with Gasteiger partial charge in [0.05, 0.1) is 0 Å². The number of hydrogen-bond acceptors (Lipinski definition) is 8. The number of nitrogens with zero attached hydrogens (tertiary/aromatic N) is 4. The van der Waals surface area contributed by atoms with Gasteiger partial charge in [0.1, 0.15) is 0 Å². The van der Waals surface area contributed by atoms with E-state index in [1.54, 1.807) is 6.07 Å². The number of rotatable bonds is 6. The Morgan fingerprint density at radius 1 is 1.21 bits per heavy atom. The van der Waals surface area contributed by atoms with Gasteiger partial charge in [0.15, 0.2) is 0 Å². The molecule has 0 bridgehead atoms. The Morgan fingerprint density at radius 2 is 2.00 bits per heavy atom. The molecule has 0 fully saturated rings. The molecular formula is C19H10AsF3N5O5S. The zero-order chi connectivity index (χ0) is 24.5. The molecule has 2 heterocycles. The molecule has 0 atom stereocenters. The van der Waals surface area contributed by atoms with Gasteiger partial charge >= 0.3 is 198 Å². The Hall–Kier alpha value is -3.77. The van der Waals surface area contributed by atoms with Crippen LogP contribution in [0.15, 0.2) is 53.4 Å². The Morgan fingerprint density at radius 3 is 2.68 bits per heavy atom. The quantitative estimate of drug-likeness (QED) is 0.221. The first-order valence-electron chi connectivity index (χ1n) is 9.09. The van der Waals surface area contributed by atoms with Crippen molar-refractivity contribution in [2.75, 3.05) is 5.32 Å². The number of non-ortho nitro benzene ring substituents is 1. The van der Waals surface area contributed by atoms with Gasteiger partial charge in [-0.2, -0.15) is 0 Å². The third kappa shape index (κ3) is 5.07. The number of thiazole rings is 1. The number of anilines is 1. The number of aromatic nitrogens is 3. The summed E-state index contributed by atoms with van der Waals surface area (Å²) in [4.78, 5) is 47.1. The fourth-order valence-electron chi connectivity index (χ4n) is 2.79. The summed E-state index contributed by atoms with van der Waals surface area (Å²) in [6.07, 6.45) is -5.25. The standard InChI is InChI=1S/C19H10AsF3N5O5S/c21-19(22,23)17(29)33-27-15-7-11(4-5-13(15)26-16(27)14-8-34-9-24-14)25-18(30)20-10-2-1-3-12(6-10)28(31)32/h1-9H,(H,25,30). The van der Waals surface area contributed by atoms with E-state index in [1.165, 1.54) is 58.6 Å². The van der Waals surface area contributed by atoms with Crippen LogP contribution >= 0.6 is 11.3 Å². The van der Waals surface area contributed by atoms with Crippen LogP contribution in [0.2, 0.25) is 0 Å². The number of alkyl halides is 3. The number of hydrogen-bond donors (Lipinski definition) is 1. The predicted octanol–water partition coefficient (Wildman–Crippen LogP) is 3.15. The number of halogens is 3. The number of nitro benzene ring substituents is 1. The third-order valence-electron chi connectivity index (χ3n) is 4.20. The summed E-state index contributed by atoms with van der Waals surface area (Å²) >= 11 is 0.00729. The molecule has 1 N–H and O–H groups in total. The Labute approximate surface area is 198 Å². The molecule has 0 saturated carbocycles. The predicted molar refractivity (Wildman–Crippen MR) is 116 cm³/mol. The molecular weight excluding hydrogens is 542 g/mol. The number of carbonyl (C=O) groups excluding carboxylic acids is 2. The molecule has 0 aliphatic carbocycles. The van der Waals surface area contributed by atoms with Gasteiger partial charge in [0.25, 0.3) is 0 Å². The van der Waals surface area contributed by atoms with E-state index in [-0.39, 0.29) is 33.9 Å². The number of carbonyl (C=O) groups is 2. The van der Waals surface area contributed by atoms with Crippen molar-refractivity contribution in [2.45, 2.75) is 6.18 Å². The minimum absolute atomic E-state index is 0.00926. The van der Waals surface area contributed by atoms with Crippen LogP contribution in [0.25, 0.3) is 22.6 Å². The van der Waals surface area contributed by atoms with E-state index in [9.17, 15) is 32.9 Å². The summed E-state index contributed by atoms with van der Waals surface area (Å²) in [7, 11) is 0. The second-order valence-electron chi connectivity index (χ2n) is 6.50. The van der Waals surface area contributed by atoms with E-state index in [2.05, 4.69) is 20.1 Å². The number of nitrogens with one attached hydrogen (secondary N) is 1. The molecule has 15 heteroatoms. The van der Waals surface area contributed by atoms with Crippen molar-refractivity contribution in [3.05, 3.63) is 63.5 Å². The molecule has 0 aliphatic rings. The van der Waals surface area contributed by atoms with Crippen molar-refractivity contribution in [1.82, 2.24) is 14.7 Å². The second-order valence-corrected chi connectivity index (χ2v) is 9.63. The van der Waals surface area contributed by atoms with E-state index in [0.29, 0.717) is 9.08 Å². The van der Waals surface area contributed by atoms with Gasteiger partial charge in [0, 0.05) is 0 Å². The van der Waals surface area contributed by atoms with Crippen molar-refractivity contribution in [2.24, 2.45) is 0 Å². The van der Waals surface area contributed by atoms with Crippen molar-refractivity contribution in [3.8, 4) is 11.5 Å². The molecule has 173 valence electrons. The summed E-state index contributed by atoms with van der Waals surface area (Å²) in [5, 5.41) is 15.0. The monoisotopic (exact) mass is 552 g/mol. The van der Waals surface area contributed by atoms with Gasteiger partial charge in [0.2, 0.25) is 0 Å². The zero-order valence-electron chi connectivity index (χ0n) is 16.5. The Balaban J connectivity index is 1.64. The fourth-order valence-corrected chi connectivity index (χ4v) is 4.95. The van der Waals surface area contributed by atoms with Crippen LogP contribution in [0, 0.1) is 10.1 Å². The molecule has 0 aliphatic heterocycles. The molecule has 10 nitrogen and oxygen atoms in total. The summed E-state index contributed by atoms with van der Waals surface area (Å²) < 4.78 is 39.2. The first-order chi connectivity index (χ1) is 16.1. The molecule has 0 saturated heterocycles. The maximum absolute atomic E-state index is 12.8. The van der Waals surface area contributed by atoms with Gasteiger partial charge in [-0.15, -0.1) is 0 Å². The fraction of sp³-hybridized carbons (Fsp3) is 0.0526. The van der Waals surface area contributed by atoms with Crippen LogP contribution in [0.4, 0.5) is 29.3 Å². The minimum atomic E-state index is -5.25. The van der Waals surface area contributed by atoms with E-state index in [0.717, 1.165) is 0 Å². The number of fused-ring (bicyclic) bond motifs is 1. The van der Waals surface area contributed by atoms with Gasteiger partial charge in [-0.3, -0.25) is 0 Å². The SMILES string of the molecule is O=C(Nc1ccc2nc(-c3cscn3)n(OC(=O)C(F)(F)F)c2c1)[As]c1cccc([N+](=O)[O-])c1. The third-order valence-corrected chi connectivity index (χ3v) is 6.57. The van der Waals surface area contributed by atoms with E-state index < -0.39 is 37.5 Å². The van der Waals surface area contributed by atoms with Crippen LogP contribution in [-0.4, -0.2) is 52.2 Å². The van der Waals surface area contributed by atoms with Crippen molar-refractivity contribution in [3.63, 3.8) is 0 Å². The molecule has 0 spiro atoms. The van der Waals surface area contributed by atoms with Crippen molar-refractivity contribution < 1.29 is 32.5 Å². The summed E-state index contributed by atoms with van der Waals surface area (Å²) in [5.74, 6) is -2.58. The average Bonchev–Trinajstić information content (AvgIpc) is 3.41. The number of benzene rings is 2. The molecule has 4 rings (SSSR count). The summed E-state index contributed by atoms with van der Waals surface area (Å²) in [6.45, 7) is 0. The summed E-state index contributed by atoms with van der Waals surface area (Å²) in [6, 6.07) is 9.87. The van der Waals surface area contributed by atoms with E-state index in [4.69, 9.17) is 0 Å². The van der Waals surface area contributed by atoms with Crippen molar-refractivity contribution in [1.29, 1.82) is 0 Å². The Bertz CT molecular complexity index is 1410. The van der Waals surface area contributed by atoms with Gasteiger partial charge < -0.3 is 0 Å². The molecule has 34 heavy (non-hydrogen) atoms. The molecule has 1 radical (unpaired) electrons. The van der Waals surface area contributed by atoms with Gasteiger partial charge in [-0.25, -0.2) is 0 Å². The molecule has 4 aromatic rings. The average molecular weight is 552 g/mol. The van der Waals surface area contributed by atoms with Crippen LogP contribution in [-0.2, 0) is 4.79 Å². The number of amides is 1. The first-order valence-corrected chi connectivity index (χ1v) is 11.9. The topological polar surface area (TPSA) is 129 Å². The normalized spacial score (nSPS) is 11.7. The number of imidazole rings is 1. The van der Waals surface area contributed by atoms with Crippen LogP contribution < -0.4 is 14.5 Å². The summed E-state index contributed by atoms with van der Waals surface area (Å²) in [5.41, 5.74) is 1.87. The van der Waals surface area contributed by atoms with E-state index >= 15 is 0 Å². The molecule has 0 unspecified atom stereocenters.